The van der Waals surface area contributed by atoms with E-state index in [-0.39, 0.29) is 11.9 Å². The number of carbonyl (C=O) groups excluding carboxylic acids is 1. The molecule has 140 valence electrons. The molecule has 1 amide bonds. The van der Waals surface area contributed by atoms with E-state index in [0.717, 1.165) is 22.2 Å². The number of hydrogen-bond donors (Lipinski definition) is 0. The molecule has 0 radical (unpaired) electrons. The molecule has 0 saturated carbocycles. The lowest BCUT2D eigenvalue weighted by atomic mass is 10.1. The fourth-order valence-corrected chi connectivity index (χ4v) is 3.20. The van der Waals surface area contributed by atoms with Crippen LogP contribution >= 0.6 is 0 Å². The molecule has 4 rings (SSSR count). The van der Waals surface area contributed by atoms with Gasteiger partial charge in [-0.15, -0.1) is 5.10 Å². The zero-order valence-corrected chi connectivity index (χ0v) is 15.9. The van der Waals surface area contributed by atoms with E-state index >= 15 is 0 Å². The number of carbonyl (C=O) groups is 1. The summed E-state index contributed by atoms with van der Waals surface area (Å²) < 4.78 is 1.67. The van der Waals surface area contributed by atoms with Crippen LogP contribution < -0.4 is 0 Å². The van der Waals surface area contributed by atoms with Gasteiger partial charge >= 0.3 is 0 Å². The molecule has 4 aromatic rings. The van der Waals surface area contributed by atoms with Crippen molar-refractivity contribution in [3.63, 3.8) is 0 Å². The SMILES string of the molecule is Cc1c(C(=O)N(C)C(C)c2cccnc2)nnn1-c1cccc2cccnc12. The van der Waals surface area contributed by atoms with E-state index in [1.165, 1.54) is 0 Å². The fraction of sp³-hybridized carbons (Fsp3) is 0.190. The third-order valence-electron chi connectivity index (χ3n) is 5.00. The topological polar surface area (TPSA) is 76.8 Å². The third-order valence-corrected chi connectivity index (χ3v) is 5.00. The summed E-state index contributed by atoms with van der Waals surface area (Å²) in [4.78, 5) is 23.3. The molecule has 0 aliphatic heterocycles. The number of hydrogen-bond acceptors (Lipinski definition) is 5. The van der Waals surface area contributed by atoms with E-state index < -0.39 is 0 Å². The Kier molecular flexibility index (Phi) is 4.57. The van der Waals surface area contributed by atoms with Crippen molar-refractivity contribution in [1.82, 2.24) is 29.9 Å². The first-order chi connectivity index (χ1) is 13.6. The quantitative estimate of drug-likeness (QED) is 0.549. The Morgan fingerprint density at radius 1 is 1.11 bits per heavy atom. The fourth-order valence-electron chi connectivity index (χ4n) is 3.20. The van der Waals surface area contributed by atoms with Crippen molar-refractivity contribution in [3.05, 3.63) is 78.0 Å². The molecule has 0 spiro atoms. The minimum atomic E-state index is -0.187. The Balaban J connectivity index is 1.69. The summed E-state index contributed by atoms with van der Waals surface area (Å²) in [6, 6.07) is 13.4. The molecule has 0 N–H and O–H groups in total. The predicted molar refractivity (Wildman–Crippen MR) is 106 cm³/mol. The molecule has 1 atom stereocenters. The molecule has 7 heteroatoms. The first kappa shape index (κ1) is 17.8. The molecule has 28 heavy (non-hydrogen) atoms. The summed E-state index contributed by atoms with van der Waals surface area (Å²) in [6.07, 6.45) is 5.22. The van der Waals surface area contributed by atoms with Crippen LogP contribution in [0.5, 0.6) is 0 Å². The van der Waals surface area contributed by atoms with Gasteiger partial charge in [0.05, 0.1) is 22.9 Å². The van der Waals surface area contributed by atoms with Crippen LogP contribution in [0.25, 0.3) is 16.6 Å². The van der Waals surface area contributed by atoms with Gasteiger partial charge in [0.25, 0.3) is 5.91 Å². The van der Waals surface area contributed by atoms with Crippen LogP contribution in [-0.2, 0) is 0 Å². The Hall–Kier alpha value is -3.61. The van der Waals surface area contributed by atoms with E-state index in [2.05, 4.69) is 20.3 Å². The van der Waals surface area contributed by atoms with Gasteiger partial charge < -0.3 is 4.90 Å². The van der Waals surface area contributed by atoms with E-state index in [0.29, 0.717) is 11.4 Å². The first-order valence-electron chi connectivity index (χ1n) is 9.01. The molecule has 0 aliphatic rings. The number of nitrogens with zero attached hydrogens (tertiary/aromatic N) is 6. The highest BCUT2D eigenvalue weighted by atomic mass is 16.2. The standard InChI is InChI=1S/C21H20N6O/c1-14(17-9-5-11-22-13-17)26(3)21(28)19-15(2)27(25-24-19)18-10-4-7-16-8-6-12-23-20(16)18/h4-14H,1-3H3. The van der Waals surface area contributed by atoms with Gasteiger partial charge in [0.1, 0.15) is 0 Å². The lowest BCUT2D eigenvalue weighted by Gasteiger charge is -2.24. The van der Waals surface area contributed by atoms with E-state index in [9.17, 15) is 4.79 Å². The van der Waals surface area contributed by atoms with Gasteiger partial charge in [0.2, 0.25) is 0 Å². The second-order valence-electron chi connectivity index (χ2n) is 6.67. The van der Waals surface area contributed by atoms with Crippen molar-refractivity contribution < 1.29 is 4.79 Å². The average molecular weight is 372 g/mol. The molecule has 1 aromatic carbocycles. The molecular formula is C21H20N6O. The van der Waals surface area contributed by atoms with Gasteiger partial charge in [-0.3, -0.25) is 14.8 Å². The normalized spacial score (nSPS) is 12.1. The highest BCUT2D eigenvalue weighted by Crippen LogP contribution is 2.23. The molecule has 3 aromatic heterocycles. The minimum Gasteiger partial charge on any atom is -0.333 e. The van der Waals surface area contributed by atoms with Crippen LogP contribution in [0.2, 0.25) is 0 Å². The molecule has 0 aliphatic carbocycles. The summed E-state index contributed by atoms with van der Waals surface area (Å²) in [7, 11) is 1.76. The van der Waals surface area contributed by atoms with Gasteiger partial charge in [-0.25, -0.2) is 4.68 Å². The smallest absolute Gasteiger partial charge is 0.276 e. The van der Waals surface area contributed by atoms with E-state index in [1.807, 2.05) is 56.3 Å². The molecule has 3 heterocycles. The summed E-state index contributed by atoms with van der Waals surface area (Å²) in [6.45, 7) is 3.81. The monoisotopic (exact) mass is 372 g/mol. The maximum atomic E-state index is 13.1. The molecule has 0 fully saturated rings. The number of fused-ring (bicyclic) bond motifs is 1. The van der Waals surface area contributed by atoms with Crippen LogP contribution in [0.3, 0.4) is 0 Å². The number of para-hydroxylation sites is 1. The lowest BCUT2D eigenvalue weighted by Crippen LogP contribution is -2.30. The third kappa shape index (κ3) is 3.00. The summed E-state index contributed by atoms with van der Waals surface area (Å²) in [5.41, 5.74) is 3.57. The van der Waals surface area contributed by atoms with Crippen molar-refractivity contribution in [2.24, 2.45) is 0 Å². The predicted octanol–water partition coefficient (Wildman–Crippen LogP) is 3.35. The lowest BCUT2D eigenvalue weighted by molar-refractivity contribution is 0.0735. The van der Waals surface area contributed by atoms with Crippen molar-refractivity contribution in [3.8, 4) is 5.69 Å². The van der Waals surface area contributed by atoms with Gasteiger partial charge in [-0.2, -0.15) is 0 Å². The summed E-state index contributed by atoms with van der Waals surface area (Å²) in [5, 5.41) is 9.42. The maximum absolute atomic E-state index is 13.1. The van der Waals surface area contributed by atoms with Crippen molar-refractivity contribution in [2.45, 2.75) is 19.9 Å². The molecule has 7 nitrogen and oxygen atoms in total. The Labute approximate surface area is 162 Å². The van der Waals surface area contributed by atoms with Crippen LogP contribution in [0.15, 0.2) is 61.1 Å². The Bertz CT molecular complexity index is 1130. The zero-order valence-electron chi connectivity index (χ0n) is 15.9. The summed E-state index contributed by atoms with van der Waals surface area (Å²) >= 11 is 0. The van der Waals surface area contributed by atoms with Gasteiger partial charge in [0.15, 0.2) is 5.69 Å². The first-order valence-corrected chi connectivity index (χ1v) is 9.01. The number of aromatic nitrogens is 5. The number of rotatable bonds is 4. The average Bonchev–Trinajstić information content (AvgIpc) is 3.13. The van der Waals surface area contributed by atoms with Gasteiger partial charge in [-0.1, -0.05) is 29.5 Å². The van der Waals surface area contributed by atoms with Crippen LogP contribution in [0.1, 0.15) is 34.7 Å². The highest BCUT2D eigenvalue weighted by molar-refractivity contribution is 5.94. The highest BCUT2D eigenvalue weighted by Gasteiger charge is 2.25. The number of amides is 1. The maximum Gasteiger partial charge on any atom is 0.276 e. The van der Waals surface area contributed by atoms with Crippen LogP contribution in [0, 0.1) is 6.92 Å². The van der Waals surface area contributed by atoms with Gasteiger partial charge in [0, 0.05) is 31.0 Å². The Morgan fingerprint density at radius 3 is 2.68 bits per heavy atom. The summed E-state index contributed by atoms with van der Waals surface area (Å²) in [5.74, 6) is -0.187. The van der Waals surface area contributed by atoms with Crippen LogP contribution in [-0.4, -0.2) is 42.8 Å². The molecule has 0 bridgehead atoms. The van der Waals surface area contributed by atoms with Crippen molar-refractivity contribution >= 4 is 16.8 Å². The van der Waals surface area contributed by atoms with Crippen LogP contribution in [0.4, 0.5) is 0 Å². The van der Waals surface area contributed by atoms with Crippen molar-refractivity contribution in [1.29, 1.82) is 0 Å². The number of pyridine rings is 2. The van der Waals surface area contributed by atoms with E-state index in [1.54, 1.807) is 35.2 Å². The number of benzene rings is 1. The second-order valence-corrected chi connectivity index (χ2v) is 6.67. The van der Waals surface area contributed by atoms with E-state index in [4.69, 9.17) is 0 Å². The molecular weight excluding hydrogens is 352 g/mol. The van der Waals surface area contributed by atoms with Crippen molar-refractivity contribution in [2.75, 3.05) is 7.05 Å². The second kappa shape index (κ2) is 7.19. The van der Waals surface area contributed by atoms with Gasteiger partial charge in [-0.05, 0) is 37.6 Å². The molecule has 1 unspecified atom stereocenters. The molecule has 0 saturated heterocycles. The minimum absolute atomic E-state index is 0.134. The Morgan fingerprint density at radius 2 is 1.89 bits per heavy atom. The zero-order chi connectivity index (χ0) is 19.7. The largest absolute Gasteiger partial charge is 0.333 e.